The summed E-state index contributed by atoms with van der Waals surface area (Å²) in [4.78, 5) is 31.8. The Morgan fingerprint density at radius 3 is 2.22 bits per heavy atom. The summed E-state index contributed by atoms with van der Waals surface area (Å²) < 4.78 is 47.3. The van der Waals surface area contributed by atoms with Crippen LogP contribution < -0.4 is 11.3 Å². The van der Waals surface area contributed by atoms with Crippen molar-refractivity contribution >= 4 is 12.0 Å². The standard InChI is InChI=1S/C25H25F3N4O4/c26-25(27,28)16-35-13-14-36-24(34)31-12-11-19-20(15-31)30-23(29)32(22(19)33)21(17-7-3-1-4-8-17)18-9-5-2-6-10-18/h1-10,21H,11-16H2,(H2,29,30). The molecule has 0 saturated carbocycles. The number of nitrogens with two attached hydrogens (primary N) is 1. The second-order valence-electron chi connectivity index (χ2n) is 8.25. The smallest absolute Gasteiger partial charge is 0.411 e. The SMILES string of the molecule is Nc1nc2c(c(=O)n1C(c1ccccc1)c1ccccc1)CCN(C(=O)OCCOCC(F)(F)F)C2. The Hall–Kier alpha value is -3.86. The first-order valence-electron chi connectivity index (χ1n) is 11.3. The molecular weight excluding hydrogens is 477 g/mol. The first kappa shape index (κ1) is 25.2. The van der Waals surface area contributed by atoms with E-state index >= 15 is 0 Å². The number of nitrogens with zero attached hydrogens (tertiary/aromatic N) is 3. The molecule has 0 bridgehead atoms. The summed E-state index contributed by atoms with van der Waals surface area (Å²) in [5.41, 5.74) is 8.57. The lowest BCUT2D eigenvalue weighted by molar-refractivity contribution is -0.175. The fourth-order valence-corrected chi connectivity index (χ4v) is 4.15. The number of rotatable bonds is 7. The molecule has 0 unspecified atom stereocenters. The van der Waals surface area contributed by atoms with Crippen molar-refractivity contribution in [2.24, 2.45) is 0 Å². The van der Waals surface area contributed by atoms with Crippen LogP contribution in [0.3, 0.4) is 0 Å². The molecule has 1 aliphatic heterocycles. The fraction of sp³-hybridized carbons (Fsp3) is 0.320. The Balaban J connectivity index is 1.54. The van der Waals surface area contributed by atoms with Crippen LogP contribution in [0.25, 0.3) is 0 Å². The first-order valence-corrected chi connectivity index (χ1v) is 11.3. The predicted molar refractivity (Wildman–Crippen MR) is 125 cm³/mol. The van der Waals surface area contributed by atoms with E-state index in [1.54, 1.807) is 0 Å². The number of nitrogen functional groups attached to an aromatic ring is 1. The molecule has 0 atom stereocenters. The lowest BCUT2D eigenvalue weighted by Gasteiger charge is -2.29. The topological polar surface area (TPSA) is 99.7 Å². The van der Waals surface area contributed by atoms with Gasteiger partial charge in [-0.3, -0.25) is 9.36 Å². The van der Waals surface area contributed by atoms with Gasteiger partial charge < -0.3 is 20.1 Å². The van der Waals surface area contributed by atoms with Crippen LogP contribution in [0, 0.1) is 0 Å². The average Bonchev–Trinajstić information content (AvgIpc) is 2.86. The second-order valence-corrected chi connectivity index (χ2v) is 8.25. The van der Waals surface area contributed by atoms with Crippen molar-refractivity contribution in [3.8, 4) is 0 Å². The quantitative estimate of drug-likeness (QED) is 0.497. The molecule has 190 valence electrons. The van der Waals surface area contributed by atoms with E-state index in [-0.39, 0.29) is 44.2 Å². The molecule has 0 fully saturated rings. The fourth-order valence-electron chi connectivity index (χ4n) is 4.15. The van der Waals surface area contributed by atoms with Gasteiger partial charge in [-0.1, -0.05) is 60.7 Å². The summed E-state index contributed by atoms with van der Waals surface area (Å²) in [5, 5.41) is 0. The number of anilines is 1. The van der Waals surface area contributed by atoms with Crippen LogP contribution in [-0.4, -0.2) is 53.1 Å². The van der Waals surface area contributed by atoms with E-state index < -0.39 is 24.9 Å². The number of halogens is 3. The van der Waals surface area contributed by atoms with E-state index in [1.165, 1.54) is 9.47 Å². The maximum atomic E-state index is 13.6. The Kier molecular flexibility index (Phi) is 7.58. The third kappa shape index (κ3) is 5.85. The highest BCUT2D eigenvalue weighted by Gasteiger charge is 2.30. The van der Waals surface area contributed by atoms with Crippen molar-refractivity contribution in [3.63, 3.8) is 0 Å². The minimum absolute atomic E-state index is 0.000798. The molecule has 36 heavy (non-hydrogen) atoms. The third-order valence-electron chi connectivity index (χ3n) is 5.76. The van der Waals surface area contributed by atoms with Crippen molar-refractivity contribution in [3.05, 3.63) is 93.4 Å². The van der Waals surface area contributed by atoms with Crippen LogP contribution in [-0.2, 0) is 22.4 Å². The number of benzene rings is 2. The normalized spacial score (nSPS) is 13.5. The van der Waals surface area contributed by atoms with Gasteiger partial charge in [0, 0.05) is 12.1 Å². The average molecular weight is 502 g/mol. The Morgan fingerprint density at radius 2 is 1.64 bits per heavy atom. The van der Waals surface area contributed by atoms with Gasteiger partial charge in [0.05, 0.1) is 24.9 Å². The molecule has 2 aromatic carbocycles. The number of aromatic nitrogens is 2. The predicted octanol–water partition coefficient (Wildman–Crippen LogP) is 3.54. The van der Waals surface area contributed by atoms with E-state index in [0.29, 0.717) is 11.3 Å². The molecule has 0 radical (unpaired) electrons. The molecule has 4 rings (SSSR count). The molecule has 1 aliphatic rings. The molecule has 0 aliphatic carbocycles. The molecule has 1 aromatic heterocycles. The molecule has 0 spiro atoms. The van der Waals surface area contributed by atoms with Gasteiger partial charge in [-0.2, -0.15) is 13.2 Å². The number of amides is 1. The van der Waals surface area contributed by atoms with Crippen LogP contribution in [0.2, 0.25) is 0 Å². The summed E-state index contributed by atoms with van der Waals surface area (Å²) in [5.74, 6) is 0.00669. The van der Waals surface area contributed by atoms with Crippen molar-refractivity contribution in [2.75, 3.05) is 32.1 Å². The van der Waals surface area contributed by atoms with Gasteiger partial charge in [-0.15, -0.1) is 0 Å². The van der Waals surface area contributed by atoms with Gasteiger partial charge in [0.1, 0.15) is 13.2 Å². The Bertz CT molecular complexity index is 1210. The molecule has 3 aromatic rings. The molecule has 2 heterocycles. The van der Waals surface area contributed by atoms with Crippen LogP contribution >= 0.6 is 0 Å². The van der Waals surface area contributed by atoms with Crippen LogP contribution in [0.4, 0.5) is 23.9 Å². The van der Waals surface area contributed by atoms with Gasteiger partial charge in [-0.25, -0.2) is 9.78 Å². The van der Waals surface area contributed by atoms with Crippen molar-refractivity contribution < 1.29 is 27.4 Å². The van der Waals surface area contributed by atoms with E-state index in [0.717, 1.165) is 11.1 Å². The zero-order valence-corrected chi connectivity index (χ0v) is 19.3. The maximum absolute atomic E-state index is 13.6. The molecule has 11 heteroatoms. The van der Waals surface area contributed by atoms with Crippen molar-refractivity contribution in [2.45, 2.75) is 25.2 Å². The largest absolute Gasteiger partial charge is 0.447 e. The van der Waals surface area contributed by atoms with Gasteiger partial charge in [0.2, 0.25) is 5.95 Å². The van der Waals surface area contributed by atoms with Gasteiger partial charge in [-0.05, 0) is 17.5 Å². The van der Waals surface area contributed by atoms with Gasteiger partial charge in [0.25, 0.3) is 5.56 Å². The molecule has 0 saturated heterocycles. The van der Waals surface area contributed by atoms with Crippen molar-refractivity contribution in [1.29, 1.82) is 0 Å². The minimum Gasteiger partial charge on any atom is -0.447 e. The number of carbonyl (C=O) groups is 1. The number of fused-ring (bicyclic) bond motifs is 1. The monoisotopic (exact) mass is 502 g/mol. The summed E-state index contributed by atoms with van der Waals surface area (Å²) >= 11 is 0. The Morgan fingerprint density at radius 1 is 1.03 bits per heavy atom. The zero-order valence-electron chi connectivity index (χ0n) is 19.3. The lowest BCUT2D eigenvalue weighted by atomic mass is 9.97. The van der Waals surface area contributed by atoms with Crippen molar-refractivity contribution in [1.82, 2.24) is 14.5 Å². The highest BCUT2D eigenvalue weighted by molar-refractivity contribution is 5.68. The zero-order chi connectivity index (χ0) is 25.7. The molecular formula is C25H25F3N4O4. The highest BCUT2D eigenvalue weighted by Crippen LogP contribution is 2.28. The second kappa shape index (κ2) is 10.8. The Labute approximate surface area is 205 Å². The van der Waals surface area contributed by atoms with Gasteiger partial charge >= 0.3 is 12.3 Å². The maximum Gasteiger partial charge on any atom is 0.411 e. The summed E-state index contributed by atoms with van der Waals surface area (Å²) in [6.45, 7) is -1.93. The van der Waals surface area contributed by atoms with Crippen LogP contribution in [0.5, 0.6) is 0 Å². The minimum atomic E-state index is -4.45. The van der Waals surface area contributed by atoms with E-state index in [9.17, 15) is 22.8 Å². The number of ether oxygens (including phenoxy) is 2. The third-order valence-corrected chi connectivity index (χ3v) is 5.76. The number of carbonyl (C=O) groups excluding carboxylic acids is 1. The number of hydrogen-bond donors (Lipinski definition) is 1. The van der Waals surface area contributed by atoms with E-state index in [1.807, 2.05) is 60.7 Å². The van der Waals surface area contributed by atoms with E-state index in [4.69, 9.17) is 10.5 Å². The lowest BCUT2D eigenvalue weighted by Crippen LogP contribution is -2.42. The number of alkyl halides is 3. The number of hydrogen-bond acceptors (Lipinski definition) is 6. The molecule has 2 N–H and O–H groups in total. The molecule has 8 nitrogen and oxygen atoms in total. The summed E-state index contributed by atoms with van der Waals surface area (Å²) in [7, 11) is 0. The van der Waals surface area contributed by atoms with Gasteiger partial charge in [0.15, 0.2) is 0 Å². The van der Waals surface area contributed by atoms with Crippen LogP contribution in [0.1, 0.15) is 28.4 Å². The van der Waals surface area contributed by atoms with Crippen LogP contribution in [0.15, 0.2) is 65.5 Å². The summed E-state index contributed by atoms with van der Waals surface area (Å²) in [6.07, 6.45) is -4.94. The first-order chi connectivity index (χ1) is 17.2. The highest BCUT2D eigenvalue weighted by atomic mass is 19.4. The molecule has 1 amide bonds. The summed E-state index contributed by atoms with van der Waals surface area (Å²) in [6, 6.07) is 18.5. The van der Waals surface area contributed by atoms with E-state index in [2.05, 4.69) is 9.72 Å².